The van der Waals surface area contributed by atoms with Crippen LogP contribution < -0.4 is 9.86 Å². The lowest BCUT2D eigenvalue weighted by Crippen LogP contribution is -2.22. The summed E-state index contributed by atoms with van der Waals surface area (Å²) in [6.45, 7) is 0. The van der Waals surface area contributed by atoms with E-state index < -0.39 is 27.7 Å². The molecule has 8 heteroatoms. The van der Waals surface area contributed by atoms with Crippen molar-refractivity contribution in [1.82, 2.24) is 0 Å². The lowest BCUT2D eigenvalue weighted by Gasteiger charge is -2.06. The highest BCUT2D eigenvalue weighted by atomic mass is 32.2. The minimum Gasteiger partial charge on any atom is -0.465 e. The predicted molar refractivity (Wildman–Crippen MR) is 54.5 cm³/mol. The van der Waals surface area contributed by atoms with E-state index in [-0.39, 0.29) is 5.56 Å². The van der Waals surface area contributed by atoms with Crippen molar-refractivity contribution >= 4 is 21.9 Å². The van der Waals surface area contributed by atoms with Gasteiger partial charge < -0.3 is 4.74 Å². The summed E-state index contributed by atoms with van der Waals surface area (Å²) in [4.78, 5) is 11.1. The van der Waals surface area contributed by atoms with E-state index in [9.17, 15) is 17.6 Å². The summed E-state index contributed by atoms with van der Waals surface area (Å²) in [5.41, 5.74) is -0.402. The summed E-state index contributed by atoms with van der Waals surface area (Å²) < 4.78 is 40.6. The topological polar surface area (TPSA) is 98.5 Å². The Morgan fingerprint density at radius 2 is 2.12 bits per heavy atom. The second kappa shape index (κ2) is 4.45. The highest BCUT2D eigenvalue weighted by molar-refractivity contribution is 7.90. The third-order valence-corrected chi connectivity index (χ3v) is 2.14. The molecule has 0 amide bonds. The van der Waals surface area contributed by atoms with Gasteiger partial charge in [-0.25, -0.2) is 14.3 Å². The van der Waals surface area contributed by atoms with Crippen molar-refractivity contribution in [3.8, 4) is 0 Å². The predicted octanol–water partition coefficient (Wildman–Crippen LogP) is 0.228. The maximum absolute atomic E-state index is 13.1. The molecule has 0 aliphatic rings. The zero-order valence-corrected chi connectivity index (χ0v) is 9.05. The zero-order valence-electron chi connectivity index (χ0n) is 8.23. The summed E-state index contributed by atoms with van der Waals surface area (Å²) >= 11 is 0. The number of hydrogen-bond acceptors (Lipinski definition) is 4. The van der Waals surface area contributed by atoms with Crippen LogP contribution in [0.5, 0.6) is 0 Å². The number of hydrogen-bond donors (Lipinski definition) is 2. The van der Waals surface area contributed by atoms with Crippen molar-refractivity contribution in [1.29, 1.82) is 0 Å². The van der Waals surface area contributed by atoms with Crippen LogP contribution in [0.25, 0.3) is 0 Å². The molecule has 88 valence electrons. The van der Waals surface area contributed by atoms with Crippen molar-refractivity contribution in [2.24, 2.45) is 5.14 Å². The van der Waals surface area contributed by atoms with Crippen LogP contribution in [0, 0.1) is 5.82 Å². The zero-order chi connectivity index (χ0) is 12.3. The van der Waals surface area contributed by atoms with Gasteiger partial charge in [0.05, 0.1) is 18.4 Å². The van der Waals surface area contributed by atoms with Gasteiger partial charge >= 0.3 is 5.97 Å². The summed E-state index contributed by atoms with van der Waals surface area (Å²) in [5.74, 6) is -1.56. The fraction of sp³-hybridized carbons (Fsp3) is 0.125. The Morgan fingerprint density at radius 1 is 1.50 bits per heavy atom. The quantitative estimate of drug-likeness (QED) is 0.748. The van der Waals surface area contributed by atoms with Gasteiger partial charge in [-0.2, -0.15) is 8.42 Å². The Labute approximate surface area is 91.4 Å². The van der Waals surface area contributed by atoms with E-state index in [4.69, 9.17) is 0 Å². The lowest BCUT2D eigenvalue weighted by atomic mass is 10.2. The van der Waals surface area contributed by atoms with Crippen LogP contribution in [-0.2, 0) is 14.9 Å². The van der Waals surface area contributed by atoms with E-state index >= 15 is 0 Å². The Hall–Kier alpha value is -1.67. The first-order valence-electron chi connectivity index (χ1n) is 4.02. The number of nitrogens with one attached hydrogen (secondary N) is 1. The van der Waals surface area contributed by atoms with Crippen LogP contribution in [0.4, 0.5) is 10.1 Å². The SMILES string of the molecule is COC(=O)c1ccc(F)c(NS(N)(=O)=O)c1. The maximum atomic E-state index is 13.1. The molecule has 1 aromatic carbocycles. The Balaban J connectivity index is 3.14. The van der Waals surface area contributed by atoms with Gasteiger partial charge in [-0.15, -0.1) is 0 Å². The molecule has 0 atom stereocenters. The van der Waals surface area contributed by atoms with E-state index in [2.05, 4.69) is 9.88 Å². The Morgan fingerprint density at radius 3 is 2.62 bits per heavy atom. The van der Waals surface area contributed by atoms with Gasteiger partial charge in [-0.05, 0) is 18.2 Å². The molecule has 0 spiro atoms. The van der Waals surface area contributed by atoms with Gasteiger partial charge in [-0.1, -0.05) is 0 Å². The highest BCUT2D eigenvalue weighted by Gasteiger charge is 2.12. The number of methoxy groups -OCH3 is 1. The third kappa shape index (κ3) is 3.17. The molecule has 1 aromatic rings. The average molecular weight is 248 g/mol. The molecule has 0 heterocycles. The van der Waals surface area contributed by atoms with Gasteiger partial charge in [-0.3, -0.25) is 4.72 Å². The van der Waals surface area contributed by atoms with Gasteiger partial charge in [0.25, 0.3) is 10.2 Å². The number of rotatable bonds is 3. The molecule has 1 rings (SSSR count). The number of esters is 1. The van der Waals surface area contributed by atoms with Gasteiger partial charge in [0, 0.05) is 0 Å². The van der Waals surface area contributed by atoms with Crippen LogP contribution in [0.3, 0.4) is 0 Å². The number of nitrogens with two attached hydrogens (primary N) is 1. The van der Waals surface area contributed by atoms with Crippen molar-refractivity contribution in [3.05, 3.63) is 29.6 Å². The molecule has 0 bridgehead atoms. The van der Waals surface area contributed by atoms with Crippen LogP contribution in [0.1, 0.15) is 10.4 Å². The fourth-order valence-electron chi connectivity index (χ4n) is 1.00. The number of carbonyl (C=O) groups is 1. The number of halogens is 1. The standard InChI is InChI=1S/C8H9FN2O4S/c1-15-8(12)5-2-3-6(9)7(4-5)11-16(10,13)14/h2-4,11H,1H3,(H2,10,13,14). The van der Waals surface area contributed by atoms with Crippen molar-refractivity contribution in [2.75, 3.05) is 11.8 Å². The van der Waals surface area contributed by atoms with Crippen LogP contribution in [0.2, 0.25) is 0 Å². The van der Waals surface area contributed by atoms with E-state index in [1.807, 2.05) is 0 Å². The van der Waals surface area contributed by atoms with E-state index in [0.29, 0.717) is 0 Å². The average Bonchev–Trinajstić information content (AvgIpc) is 2.18. The van der Waals surface area contributed by atoms with Crippen LogP contribution in [-0.4, -0.2) is 21.5 Å². The first kappa shape index (κ1) is 12.4. The molecule has 16 heavy (non-hydrogen) atoms. The molecule has 6 nitrogen and oxygen atoms in total. The Kier molecular flexibility index (Phi) is 3.45. The Bertz CT molecular complexity index is 515. The maximum Gasteiger partial charge on any atom is 0.337 e. The molecular formula is C8H9FN2O4S. The smallest absolute Gasteiger partial charge is 0.337 e. The number of carbonyl (C=O) groups excluding carboxylic acids is 1. The highest BCUT2D eigenvalue weighted by Crippen LogP contribution is 2.17. The lowest BCUT2D eigenvalue weighted by molar-refractivity contribution is 0.0600. The van der Waals surface area contributed by atoms with Crippen molar-refractivity contribution < 1.29 is 22.3 Å². The molecule has 0 radical (unpaired) electrons. The molecule has 3 N–H and O–H groups in total. The summed E-state index contributed by atoms with van der Waals surface area (Å²) in [6.07, 6.45) is 0. The normalized spacial score (nSPS) is 10.9. The molecule has 0 aliphatic carbocycles. The van der Waals surface area contributed by atoms with E-state index in [1.165, 1.54) is 0 Å². The van der Waals surface area contributed by atoms with E-state index in [1.54, 1.807) is 4.72 Å². The van der Waals surface area contributed by atoms with Crippen LogP contribution in [0.15, 0.2) is 18.2 Å². The minimum absolute atomic E-state index is 0.00931. The summed E-state index contributed by atoms with van der Waals surface area (Å²) in [5, 5.41) is 4.67. The first-order chi connectivity index (χ1) is 7.33. The monoisotopic (exact) mass is 248 g/mol. The van der Waals surface area contributed by atoms with E-state index in [0.717, 1.165) is 25.3 Å². The molecule has 0 saturated carbocycles. The van der Waals surface area contributed by atoms with Gasteiger partial charge in [0.2, 0.25) is 0 Å². The summed E-state index contributed by atoms with van der Waals surface area (Å²) in [7, 11) is -2.94. The first-order valence-corrected chi connectivity index (χ1v) is 5.56. The molecule has 0 aliphatic heterocycles. The van der Waals surface area contributed by atoms with Crippen LogP contribution >= 0.6 is 0 Å². The second-order valence-corrected chi connectivity index (χ2v) is 4.13. The molecule has 0 saturated heterocycles. The van der Waals surface area contributed by atoms with Crippen molar-refractivity contribution in [2.45, 2.75) is 0 Å². The fourth-order valence-corrected chi connectivity index (χ4v) is 1.46. The molecule has 0 fully saturated rings. The largest absolute Gasteiger partial charge is 0.465 e. The van der Waals surface area contributed by atoms with Crippen molar-refractivity contribution in [3.63, 3.8) is 0 Å². The minimum atomic E-state index is -4.09. The molecule has 0 unspecified atom stereocenters. The third-order valence-electron chi connectivity index (χ3n) is 1.64. The number of ether oxygens (including phenoxy) is 1. The summed E-state index contributed by atoms with van der Waals surface area (Å²) in [6, 6.07) is 3.08. The van der Waals surface area contributed by atoms with Gasteiger partial charge in [0.1, 0.15) is 5.82 Å². The number of benzene rings is 1. The molecule has 0 aromatic heterocycles. The molecular weight excluding hydrogens is 239 g/mol. The second-order valence-electron chi connectivity index (χ2n) is 2.83. The number of anilines is 1. The van der Waals surface area contributed by atoms with Gasteiger partial charge in [0.15, 0.2) is 0 Å².